The Morgan fingerprint density at radius 1 is 1.25 bits per heavy atom. The first-order valence-electron chi connectivity index (χ1n) is 5.40. The molecular weight excluding hydrogens is 351 g/mol. The van der Waals surface area contributed by atoms with Gasteiger partial charge in [0.1, 0.15) is 17.3 Å². The summed E-state index contributed by atoms with van der Waals surface area (Å²) in [5.41, 5.74) is 11.4. The highest BCUT2D eigenvalue weighted by atomic mass is 79.9. The van der Waals surface area contributed by atoms with Gasteiger partial charge in [0.25, 0.3) is 0 Å². The van der Waals surface area contributed by atoms with Gasteiger partial charge in [-0.2, -0.15) is 0 Å². The Labute approximate surface area is 127 Å². The fraction of sp³-hybridized carbons (Fsp3) is 0. The maximum absolute atomic E-state index is 13.4. The number of halogens is 3. The molecule has 4 nitrogen and oxygen atoms in total. The van der Waals surface area contributed by atoms with E-state index in [1.807, 2.05) is 0 Å². The van der Waals surface area contributed by atoms with Gasteiger partial charge in [-0.15, -0.1) is 0 Å². The van der Waals surface area contributed by atoms with Crippen LogP contribution >= 0.6 is 27.5 Å². The third-order valence-electron chi connectivity index (χ3n) is 2.49. The van der Waals surface area contributed by atoms with Gasteiger partial charge in [-0.25, -0.2) is 4.39 Å². The Morgan fingerprint density at radius 2 is 1.95 bits per heavy atom. The van der Waals surface area contributed by atoms with Gasteiger partial charge < -0.3 is 16.2 Å². The molecule has 2 aromatic carbocycles. The van der Waals surface area contributed by atoms with E-state index in [1.165, 1.54) is 24.3 Å². The lowest BCUT2D eigenvalue weighted by atomic mass is 10.2. The minimum Gasteiger partial charge on any atom is -0.454 e. The van der Waals surface area contributed by atoms with Crippen molar-refractivity contribution in [3.8, 4) is 11.5 Å². The van der Waals surface area contributed by atoms with E-state index >= 15 is 0 Å². The molecule has 7 heteroatoms. The average molecular weight is 360 g/mol. The molecule has 0 aromatic heterocycles. The third kappa shape index (κ3) is 3.02. The number of nitrogens with two attached hydrogens (primary N) is 2. The Morgan fingerprint density at radius 3 is 2.55 bits per heavy atom. The quantitative estimate of drug-likeness (QED) is 0.647. The molecular formula is C13H9BrClFN2O2. The molecule has 0 saturated carbocycles. The van der Waals surface area contributed by atoms with Crippen molar-refractivity contribution >= 4 is 39.1 Å². The molecule has 0 aliphatic rings. The smallest absolute Gasteiger partial charge is 0.248 e. The third-order valence-corrected chi connectivity index (χ3v) is 3.40. The summed E-state index contributed by atoms with van der Waals surface area (Å²) in [6.07, 6.45) is 0. The van der Waals surface area contributed by atoms with Crippen molar-refractivity contribution in [3.05, 3.63) is 51.2 Å². The zero-order valence-corrected chi connectivity index (χ0v) is 12.3. The average Bonchev–Trinajstić information content (AvgIpc) is 2.37. The van der Waals surface area contributed by atoms with Crippen LogP contribution in [0.25, 0.3) is 0 Å². The van der Waals surface area contributed by atoms with E-state index in [0.29, 0.717) is 4.47 Å². The molecule has 0 aliphatic carbocycles. The number of carbonyl (C=O) groups excluding carboxylic acids is 1. The first-order valence-corrected chi connectivity index (χ1v) is 6.57. The summed E-state index contributed by atoms with van der Waals surface area (Å²) in [7, 11) is 0. The van der Waals surface area contributed by atoms with Gasteiger partial charge >= 0.3 is 0 Å². The Kier molecular flexibility index (Phi) is 4.15. The van der Waals surface area contributed by atoms with E-state index in [1.54, 1.807) is 0 Å². The maximum atomic E-state index is 13.4. The highest BCUT2D eigenvalue weighted by Gasteiger charge is 2.11. The number of benzene rings is 2. The SMILES string of the molecule is NC(=O)c1ccc(Oc2cc(F)c(Cl)cc2Br)c(N)c1. The summed E-state index contributed by atoms with van der Waals surface area (Å²) >= 11 is 8.85. The summed E-state index contributed by atoms with van der Waals surface area (Å²) in [6, 6.07) is 6.84. The van der Waals surface area contributed by atoms with E-state index < -0.39 is 11.7 Å². The molecule has 0 aliphatic heterocycles. The molecule has 0 bridgehead atoms. The van der Waals surface area contributed by atoms with Crippen molar-refractivity contribution in [2.45, 2.75) is 0 Å². The molecule has 2 aromatic rings. The number of ether oxygens (including phenoxy) is 1. The predicted octanol–water partition coefficient (Wildman–Crippen LogP) is 3.72. The van der Waals surface area contributed by atoms with E-state index in [2.05, 4.69) is 15.9 Å². The number of hydrogen-bond donors (Lipinski definition) is 2. The predicted molar refractivity (Wildman–Crippen MR) is 78.6 cm³/mol. The Hall–Kier alpha value is -1.79. The lowest BCUT2D eigenvalue weighted by Gasteiger charge is -2.11. The van der Waals surface area contributed by atoms with Crippen molar-refractivity contribution in [1.29, 1.82) is 0 Å². The first kappa shape index (κ1) is 14.6. The van der Waals surface area contributed by atoms with Crippen LogP contribution in [0.3, 0.4) is 0 Å². The second-order valence-corrected chi connectivity index (χ2v) is 5.18. The van der Waals surface area contributed by atoms with Crippen molar-refractivity contribution in [2.75, 3.05) is 5.73 Å². The molecule has 2 rings (SSSR count). The van der Waals surface area contributed by atoms with Gasteiger partial charge in [-0.05, 0) is 40.2 Å². The van der Waals surface area contributed by atoms with Gasteiger partial charge in [-0.3, -0.25) is 4.79 Å². The monoisotopic (exact) mass is 358 g/mol. The number of rotatable bonds is 3. The van der Waals surface area contributed by atoms with Crippen LogP contribution in [0.5, 0.6) is 11.5 Å². The van der Waals surface area contributed by atoms with Crippen molar-refractivity contribution in [2.24, 2.45) is 5.73 Å². The van der Waals surface area contributed by atoms with Gasteiger partial charge in [0.05, 0.1) is 15.2 Å². The molecule has 0 unspecified atom stereocenters. The van der Waals surface area contributed by atoms with Crippen molar-refractivity contribution < 1.29 is 13.9 Å². The van der Waals surface area contributed by atoms with Crippen LogP contribution in [-0.2, 0) is 0 Å². The van der Waals surface area contributed by atoms with Crippen molar-refractivity contribution in [3.63, 3.8) is 0 Å². The molecule has 0 saturated heterocycles. The lowest BCUT2D eigenvalue weighted by molar-refractivity contribution is 0.100. The van der Waals surface area contributed by atoms with Crippen LogP contribution in [0, 0.1) is 5.82 Å². The van der Waals surface area contributed by atoms with Crippen LogP contribution in [0.1, 0.15) is 10.4 Å². The van der Waals surface area contributed by atoms with Gasteiger partial charge in [0.2, 0.25) is 5.91 Å². The maximum Gasteiger partial charge on any atom is 0.248 e. The van der Waals surface area contributed by atoms with E-state index in [9.17, 15) is 9.18 Å². The molecule has 4 N–H and O–H groups in total. The normalized spacial score (nSPS) is 10.3. The molecule has 0 spiro atoms. The molecule has 0 heterocycles. The Bertz CT molecular complexity index is 694. The number of hydrogen-bond acceptors (Lipinski definition) is 3. The zero-order chi connectivity index (χ0) is 14.9. The minimum absolute atomic E-state index is 0.0266. The van der Waals surface area contributed by atoms with Crippen LogP contribution < -0.4 is 16.2 Å². The van der Waals surface area contributed by atoms with Gasteiger partial charge in [0.15, 0.2) is 0 Å². The van der Waals surface area contributed by atoms with E-state index in [4.69, 9.17) is 27.8 Å². The summed E-state index contributed by atoms with van der Waals surface area (Å²) in [6.45, 7) is 0. The molecule has 104 valence electrons. The van der Waals surface area contributed by atoms with Crippen molar-refractivity contribution in [1.82, 2.24) is 0 Å². The van der Waals surface area contributed by atoms with E-state index in [0.717, 1.165) is 6.07 Å². The number of amides is 1. The first-order chi connectivity index (χ1) is 9.38. The Balaban J connectivity index is 2.35. The molecule has 0 radical (unpaired) electrons. The second kappa shape index (κ2) is 5.68. The molecule has 0 atom stereocenters. The van der Waals surface area contributed by atoms with Gasteiger partial charge in [0, 0.05) is 11.6 Å². The van der Waals surface area contributed by atoms with Crippen LogP contribution in [-0.4, -0.2) is 5.91 Å². The minimum atomic E-state index is -0.614. The molecule has 20 heavy (non-hydrogen) atoms. The fourth-order valence-corrected chi connectivity index (χ4v) is 2.22. The largest absolute Gasteiger partial charge is 0.454 e. The number of nitrogen functional groups attached to an aromatic ring is 1. The van der Waals surface area contributed by atoms with Crippen LogP contribution in [0.15, 0.2) is 34.8 Å². The summed E-state index contributed by atoms with van der Waals surface area (Å²) in [5, 5.41) is -0.0266. The number of anilines is 1. The molecule has 1 amide bonds. The number of carbonyl (C=O) groups is 1. The standard InChI is InChI=1S/C13H9BrClFN2O2/c14-7-4-8(15)9(16)5-12(7)20-11-2-1-6(13(18)19)3-10(11)17/h1-5H,17H2,(H2,18,19). The van der Waals surface area contributed by atoms with E-state index in [-0.39, 0.29) is 27.8 Å². The fourth-order valence-electron chi connectivity index (χ4n) is 1.50. The summed E-state index contributed by atoms with van der Waals surface area (Å²) in [4.78, 5) is 11.0. The highest BCUT2D eigenvalue weighted by Crippen LogP contribution is 2.35. The zero-order valence-electron chi connectivity index (χ0n) is 9.99. The summed E-state index contributed by atoms with van der Waals surface area (Å²) in [5.74, 6) is -0.720. The van der Waals surface area contributed by atoms with Crippen LogP contribution in [0.4, 0.5) is 10.1 Å². The van der Waals surface area contributed by atoms with Gasteiger partial charge in [-0.1, -0.05) is 11.6 Å². The highest BCUT2D eigenvalue weighted by molar-refractivity contribution is 9.10. The lowest BCUT2D eigenvalue weighted by Crippen LogP contribution is -2.11. The summed E-state index contributed by atoms with van der Waals surface area (Å²) < 4.78 is 19.4. The number of primary amides is 1. The van der Waals surface area contributed by atoms with Crippen LogP contribution in [0.2, 0.25) is 5.02 Å². The molecule has 0 fully saturated rings. The topological polar surface area (TPSA) is 78.3 Å². The second-order valence-electron chi connectivity index (χ2n) is 3.92.